The van der Waals surface area contributed by atoms with Crippen molar-refractivity contribution in [2.24, 2.45) is 0 Å². The first-order chi connectivity index (χ1) is 13.5. The summed E-state index contributed by atoms with van der Waals surface area (Å²) in [4.78, 5) is 13.0. The van der Waals surface area contributed by atoms with Gasteiger partial charge in [-0.2, -0.15) is 0 Å². The molecule has 2 aromatic heterocycles. The molecule has 0 bridgehead atoms. The number of fused-ring (bicyclic) bond motifs is 2. The van der Waals surface area contributed by atoms with Gasteiger partial charge in [-0.05, 0) is 61.5 Å². The van der Waals surface area contributed by atoms with E-state index in [-0.39, 0.29) is 11.4 Å². The molecule has 8 nitrogen and oxygen atoms in total. The van der Waals surface area contributed by atoms with Crippen LogP contribution in [0.5, 0.6) is 5.75 Å². The molecule has 1 aliphatic rings. The van der Waals surface area contributed by atoms with Gasteiger partial charge in [-0.1, -0.05) is 0 Å². The van der Waals surface area contributed by atoms with Crippen molar-refractivity contribution in [2.75, 3.05) is 20.2 Å². The lowest BCUT2D eigenvalue weighted by atomic mass is 10.2. The van der Waals surface area contributed by atoms with Crippen molar-refractivity contribution >= 4 is 27.5 Å². The molecule has 9 heteroatoms. The summed E-state index contributed by atoms with van der Waals surface area (Å²) in [6.07, 6.45) is 4.83. The number of nitrogens with one attached hydrogen (secondary N) is 1. The lowest BCUT2D eigenvalue weighted by Gasteiger charge is -2.08. The van der Waals surface area contributed by atoms with Crippen molar-refractivity contribution in [1.82, 2.24) is 14.3 Å². The van der Waals surface area contributed by atoms with E-state index in [1.807, 2.05) is 7.05 Å². The predicted octanol–water partition coefficient (Wildman–Crippen LogP) is 1.67. The number of carboxylic acid groups (broad SMARTS) is 1. The van der Waals surface area contributed by atoms with Crippen LogP contribution in [0.2, 0.25) is 0 Å². The summed E-state index contributed by atoms with van der Waals surface area (Å²) >= 11 is 0. The summed E-state index contributed by atoms with van der Waals surface area (Å²) < 4.78 is 33.2. The molecule has 0 unspecified atom stereocenters. The summed E-state index contributed by atoms with van der Waals surface area (Å²) in [5.41, 5.74) is 3.18. The molecule has 0 radical (unpaired) electrons. The molecule has 0 fully saturated rings. The van der Waals surface area contributed by atoms with Crippen LogP contribution in [0.15, 0.2) is 47.6 Å². The SMILES string of the molecule is CNCCc1cn(S(=O)(=O)c2ccc3c(c2)CCO3)c2cccnc12.O=CO. The van der Waals surface area contributed by atoms with Gasteiger partial charge in [-0.3, -0.25) is 9.78 Å². The number of likely N-dealkylation sites (N-methyl/N-ethyl adjacent to an activating group) is 1. The standard InChI is InChI=1S/C18H19N3O3S.CH2O2/c1-19-9-6-14-12-21(16-3-2-8-20-18(14)16)25(22,23)15-4-5-17-13(11-15)7-10-24-17;2-1-3/h2-5,8,11-12,19H,6-7,9-10H2,1H3;1H,(H,2,3). The monoisotopic (exact) mass is 403 g/mol. The Kier molecular flexibility index (Phi) is 5.96. The van der Waals surface area contributed by atoms with Crippen LogP contribution in [-0.4, -0.2) is 49.2 Å². The number of rotatable bonds is 5. The maximum Gasteiger partial charge on any atom is 0.290 e. The number of aromatic nitrogens is 2. The van der Waals surface area contributed by atoms with E-state index < -0.39 is 10.0 Å². The fourth-order valence-electron chi connectivity index (χ4n) is 3.17. The number of ether oxygens (including phenoxy) is 1. The van der Waals surface area contributed by atoms with Gasteiger partial charge in [0.2, 0.25) is 0 Å². The summed E-state index contributed by atoms with van der Waals surface area (Å²) in [6, 6.07) is 8.61. The minimum atomic E-state index is -3.69. The summed E-state index contributed by atoms with van der Waals surface area (Å²) in [5.74, 6) is 0.771. The molecule has 0 saturated heterocycles. The van der Waals surface area contributed by atoms with Crippen LogP contribution in [0, 0.1) is 0 Å². The first-order valence-electron chi connectivity index (χ1n) is 8.71. The van der Waals surface area contributed by atoms with Crippen LogP contribution in [0.3, 0.4) is 0 Å². The van der Waals surface area contributed by atoms with E-state index in [4.69, 9.17) is 14.6 Å². The van der Waals surface area contributed by atoms with E-state index in [0.717, 1.165) is 35.4 Å². The predicted molar refractivity (Wildman–Crippen MR) is 104 cm³/mol. The van der Waals surface area contributed by atoms with Crippen LogP contribution in [-0.2, 0) is 27.7 Å². The van der Waals surface area contributed by atoms with Gasteiger partial charge in [0.15, 0.2) is 0 Å². The molecule has 3 aromatic rings. The number of nitrogens with zero attached hydrogens (tertiary/aromatic N) is 2. The molecule has 0 atom stereocenters. The Bertz CT molecular complexity index is 1090. The van der Waals surface area contributed by atoms with Gasteiger partial charge in [0, 0.05) is 18.8 Å². The van der Waals surface area contributed by atoms with Crippen LogP contribution in [0.4, 0.5) is 0 Å². The summed E-state index contributed by atoms with van der Waals surface area (Å²) in [7, 11) is -1.82. The molecule has 28 heavy (non-hydrogen) atoms. The third kappa shape index (κ3) is 3.71. The van der Waals surface area contributed by atoms with Gasteiger partial charge in [0.1, 0.15) is 5.75 Å². The van der Waals surface area contributed by atoms with Crippen molar-refractivity contribution < 1.29 is 23.1 Å². The maximum absolute atomic E-state index is 13.2. The average molecular weight is 403 g/mol. The highest BCUT2D eigenvalue weighted by molar-refractivity contribution is 7.90. The molecular formula is C19H21N3O5S. The molecule has 0 amide bonds. The normalized spacial score (nSPS) is 12.8. The summed E-state index contributed by atoms with van der Waals surface area (Å²) in [6.45, 7) is 1.11. The second-order valence-corrected chi connectivity index (χ2v) is 7.97. The minimum Gasteiger partial charge on any atom is -0.493 e. The Balaban J connectivity index is 0.000000706. The largest absolute Gasteiger partial charge is 0.493 e. The first-order valence-corrected chi connectivity index (χ1v) is 10.2. The molecular weight excluding hydrogens is 382 g/mol. The minimum absolute atomic E-state index is 0.250. The van der Waals surface area contributed by atoms with Crippen molar-refractivity contribution in [2.45, 2.75) is 17.7 Å². The van der Waals surface area contributed by atoms with Crippen molar-refractivity contribution in [3.63, 3.8) is 0 Å². The fourth-order valence-corrected chi connectivity index (χ4v) is 4.60. The van der Waals surface area contributed by atoms with Gasteiger partial charge in [-0.25, -0.2) is 12.4 Å². The Morgan fingerprint density at radius 1 is 1.36 bits per heavy atom. The van der Waals surface area contributed by atoms with Crippen LogP contribution < -0.4 is 10.1 Å². The van der Waals surface area contributed by atoms with Gasteiger partial charge in [0.25, 0.3) is 16.5 Å². The zero-order valence-corrected chi connectivity index (χ0v) is 16.1. The average Bonchev–Trinajstić information content (AvgIpc) is 3.31. The molecule has 0 aliphatic carbocycles. The topological polar surface area (TPSA) is 111 Å². The number of hydrogen-bond donors (Lipinski definition) is 2. The molecule has 2 N–H and O–H groups in total. The molecule has 0 saturated carbocycles. The Morgan fingerprint density at radius 2 is 2.14 bits per heavy atom. The lowest BCUT2D eigenvalue weighted by molar-refractivity contribution is -0.122. The fraction of sp³-hybridized carbons (Fsp3) is 0.263. The van der Waals surface area contributed by atoms with Crippen LogP contribution in [0.25, 0.3) is 11.0 Å². The quantitative estimate of drug-likeness (QED) is 0.624. The van der Waals surface area contributed by atoms with Crippen LogP contribution >= 0.6 is 0 Å². The first kappa shape index (κ1) is 19.8. The number of hydrogen-bond acceptors (Lipinski definition) is 6. The van der Waals surface area contributed by atoms with Crippen molar-refractivity contribution in [3.8, 4) is 5.75 Å². The van der Waals surface area contributed by atoms with E-state index in [1.165, 1.54) is 3.97 Å². The maximum atomic E-state index is 13.2. The Labute approximate surface area is 162 Å². The number of carbonyl (C=O) groups is 1. The van der Waals surface area contributed by atoms with Gasteiger partial charge < -0.3 is 15.2 Å². The third-order valence-electron chi connectivity index (χ3n) is 4.46. The summed E-state index contributed by atoms with van der Waals surface area (Å²) in [5, 5.41) is 9.98. The molecule has 148 valence electrons. The molecule has 4 rings (SSSR count). The van der Waals surface area contributed by atoms with E-state index in [2.05, 4.69) is 10.3 Å². The third-order valence-corrected chi connectivity index (χ3v) is 6.13. The van der Waals surface area contributed by atoms with E-state index in [1.54, 1.807) is 42.7 Å². The highest BCUT2D eigenvalue weighted by Gasteiger charge is 2.24. The lowest BCUT2D eigenvalue weighted by Crippen LogP contribution is -2.12. The number of pyridine rings is 1. The second kappa shape index (κ2) is 8.41. The molecule has 0 spiro atoms. The molecule has 1 aliphatic heterocycles. The van der Waals surface area contributed by atoms with E-state index in [0.29, 0.717) is 18.5 Å². The van der Waals surface area contributed by atoms with E-state index in [9.17, 15) is 8.42 Å². The van der Waals surface area contributed by atoms with Crippen molar-refractivity contribution in [1.29, 1.82) is 0 Å². The van der Waals surface area contributed by atoms with Gasteiger partial charge in [0.05, 0.1) is 22.5 Å². The van der Waals surface area contributed by atoms with Crippen molar-refractivity contribution in [3.05, 3.63) is 53.9 Å². The Hall–Kier alpha value is -2.91. The van der Waals surface area contributed by atoms with Gasteiger partial charge in [-0.15, -0.1) is 0 Å². The van der Waals surface area contributed by atoms with Gasteiger partial charge >= 0.3 is 0 Å². The second-order valence-electron chi connectivity index (χ2n) is 6.15. The molecule has 3 heterocycles. The van der Waals surface area contributed by atoms with E-state index >= 15 is 0 Å². The van der Waals surface area contributed by atoms with Crippen LogP contribution in [0.1, 0.15) is 11.1 Å². The molecule has 1 aromatic carbocycles. The zero-order chi connectivity index (χ0) is 20.1. The smallest absolute Gasteiger partial charge is 0.290 e. The number of benzene rings is 1. The Morgan fingerprint density at radius 3 is 2.89 bits per heavy atom. The highest BCUT2D eigenvalue weighted by atomic mass is 32.2. The zero-order valence-electron chi connectivity index (χ0n) is 15.3. The highest BCUT2D eigenvalue weighted by Crippen LogP contribution is 2.30.